The van der Waals surface area contributed by atoms with Crippen LogP contribution in [-0.2, 0) is 22.6 Å². The summed E-state index contributed by atoms with van der Waals surface area (Å²) in [5.41, 5.74) is 0.963. The Bertz CT molecular complexity index is 763. The molecule has 0 aromatic heterocycles. The molecule has 0 unspecified atom stereocenters. The minimum atomic E-state index is -0.861. The number of hydrogen-bond donors (Lipinski definition) is 2. The van der Waals surface area contributed by atoms with E-state index in [1.807, 2.05) is 0 Å². The van der Waals surface area contributed by atoms with Crippen molar-refractivity contribution in [3.05, 3.63) is 65.2 Å². The first-order chi connectivity index (χ1) is 12.4. The fraction of sp³-hybridized carbons (Fsp3) is 0.263. The van der Waals surface area contributed by atoms with Crippen LogP contribution in [0.5, 0.6) is 5.75 Å². The summed E-state index contributed by atoms with van der Waals surface area (Å²) in [5.74, 6) is -2.05. The Hall–Kier alpha value is -2.96. The van der Waals surface area contributed by atoms with E-state index in [-0.39, 0.29) is 30.9 Å². The second-order valence-electron chi connectivity index (χ2n) is 5.68. The van der Waals surface area contributed by atoms with Crippen LogP contribution in [0.2, 0.25) is 0 Å². The summed E-state index contributed by atoms with van der Waals surface area (Å²) in [5, 5.41) is 11.2. The monoisotopic (exact) mass is 363 g/mol. The first-order valence-corrected chi connectivity index (χ1v) is 8.08. The fourth-order valence-corrected chi connectivity index (χ4v) is 2.22. The molecule has 26 heavy (non-hydrogen) atoms. The van der Waals surface area contributed by atoms with Crippen molar-refractivity contribution >= 4 is 11.9 Å². The number of hydrogen-bond acceptors (Lipinski definition) is 3. The van der Waals surface area contributed by atoms with E-state index >= 15 is 0 Å². The number of halogens is 2. The van der Waals surface area contributed by atoms with Crippen LogP contribution < -0.4 is 10.1 Å². The Morgan fingerprint density at radius 1 is 1.08 bits per heavy atom. The van der Waals surface area contributed by atoms with Crippen LogP contribution in [0.3, 0.4) is 0 Å². The summed E-state index contributed by atoms with van der Waals surface area (Å²) >= 11 is 0. The molecule has 0 saturated carbocycles. The van der Waals surface area contributed by atoms with Crippen LogP contribution in [0.25, 0.3) is 0 Å². The average Bonchev–Trinajstić information content (AvgIpc) is 2.60. The van der Waals surface area contributed by atoms with E-state index in [1.165, 1.54) is 6.07 Å². The summed E-state index contributed by atoms with van der Waals surface area (Å²) in [6, 6.07) is 10.1. The van der Waals surface area contributed by atoms with Crippen LogP contribution in [0, 0.1) is 11.6 Å². The van der Waals surface area contributed by atoms with Gasteiger partial charge in [0.05, 0.1) is 13.0 Å². The van der Waals surface area contributed by atoms with Gasteiger partial charge in [0, 0.05) is 19.0 Å². The second-order valence-corrected chi connectivity index (χ2v) is 5.68. The molecule has 5 nitrogen and oxygen atoms in total. The number of carbonyl (C=O) groups excluding carboxylic acids is 1. The van der Waals surface area contributed by atoms with Gasteiger partial charge in [0.25, 0.3) is 0 Å². The van der Waals surface area contributed by atoms with Gasteiger partial charge in [0.1, 0.15) is 17.4 Å². The second kappa shape index (κ2) is 9.50. The predicted molar refractivity (Wildman–Crippen MR) is 90.7 cm³/mol. The Labute approximate surface area is 149 Å². The topological polar surface area (TPSA) is 75.6 Å². The molecular weight excluding hydrogens is 344 g/mol. The Morgan fingerprint density at radius 2 is 1.81 bits per heavy atom. The summed E-state index contributed by atoms with van der Waals surface area (Å²) < 4.78 is 31.8. The van der Waals surface area contributed by atoms with Gasteiger partial charge in [0.2, 0.25) is 5.91 Å². The lowest BCUT2D eigenvalue weighted by atomic mass is 10.1. The van der Waals surface area contributed by atoms with E-state index in [9.17, 15) is 18.4 Å². The molecule has 7 heteroatoms. The highest BCUT2D eigenvalue weighted by molar-refractivity contribution is 5.78. The number of carboxylic acids is 1. The lowest BCUT2D eigenvalue weighted by molar-refractivity contribution is -0.137. The molecule has 0 radical (unpaired) electrons. The quantitative estimate of drug-likeness (QED) is 0.672. The molecule has 0 fully saturated rings. The van der Waals surface area contributed by atoms with Crippen LogP contribution in [0.1, 0.15) is 24.0 Å². The van der Waals surface area contributed by atoms with E-state index in [2.05, 4.69) is 5.32 Å². The first-order valence-electron chi connectivity index (χ1n) is 8.08. The molecule has 138 valence electrons. The van der Waals surface area contributed by atoms with Gasteiger partial charge in [-0.05, 0) is 35.7 Å². The number of nitrogens with one attached hydrogen (secondary N) is 1. The van der Waals surface area contributed by atoms with E-state index in [0.29, 0.717) is 18.8 Å². The number of amides is 1. The zero-order valence-electron chi connectivity index (χ0n) is 14.0. The summed E-state index contributed by atoms with van der Waals surface area (Å²) in [6.07, 6.45) is 0.308. The summed E-state index contributed by atoms with van der Waals surface area (Å²) in [7, 11) is 0. The van der Waals surface area contributed by atoms with Gasteiger partial charge < -0.3 is 15.2 Å². The highest BCUT2D eigenvalue weighted by atomic mass is 19.1. The Balaban J connectivity index is 1.76. The van der Waals surface area contributed by atoms with Gasteiger partial charge in [0.15, 0.2) is 0 Å². The zero-order valence-corrected chi connectivity index (χ0v) is 14.0. The predicted octanol–water partition coefficient (Wildman–Crippen LogP) is 3.07. The number of rotatable bonds is 9. The van der Waals surface area contributed by atoms with Gasteiger partial charge in [-0.25, -0.2) is 8.78 Å². The number of ether oxygens (including phenoxy) is 1. The molecule has 0 heterocycles. The van der Waals surface area contributed by atoms with Crippen molar-refractivity contribution in [2.24, 2.45) is 0 Å². The van der Waals surface area contributed by atoms with Crippen LogP contribution in [-0.4, -0.2) is 23.6 Å². The van der Waals surface area contributed by atoms with Crippen molar-refractivity contribution in [3.63, 3.8) is 0 Å². The van der Waals surface area contributed by atoms with E-state index in [4.69, 9.17) is 9.84 Å². The van der Waals surface area contributed by atoms with E-state index < -0.39 is 17.6 Å². The zero-order chi connectivity index (χ0) is 18.9. The van der Waals surface area contributed by atoms with E-state index in [1.54, 1.807) is 24.3 Å². The van der Waals surface area contributed by atoms with Crippen LogP contribution in [0.15, 0.2) is 42.5 Å². The van der Waals surface area contributed by atoms with Gasteiger partial charge >= 0.3 is 5.97 Å². The molecule has 0 aliphatic carbocycles. The minimum Gasteiger partial charge on any atom is -0.494 e. The van der Waals surface area contributed by atoms with Crippen molar-refractivity contribution in [2.75, 3.05) is 6.61 Å². The maximum absolute atomic E-state index is 13.5. The molecule has 0 bridgehead atoms. The molecule has 0 saturated heterocycles. The molecule has 0 aliphatic heterocycles. The van der Waals surface area contributed by atoms with Gasteiger partial charge in [-0.3, -0.25) is 9.59 Å². The number of carbonyl (C=O) groups is 2. The van der Waals surface area contributed by atoms with Gasteiger partial charge in [-0.2, -0.15) is 0 Å². The minimum absolute atomic E-state index is 0.0543. The molecule has 2 N–H and O–H groups in total. The average molecular weight is 363 g/mol. The lowest BCUT2D eigenvalue weighted by Gasteiger charge is -2.08. The van der Waals surface area contributed by atoms with Crippen LogP contribution >= 0.6 is 0 Å². The largest absolute Gasteiger partial charge is 0.494 e. The molecule has 2 rings (SSSR count). The molecule has 2 aromatic rings. The van der Waals surface area contributed by atoms with Crippen molar-refractivity contribution in [1.29, 1.82) is 0 Å². The lowest BCUT2D eigenvalue weighted by Crippen LogP contribution is -2.24. The third-order valence-corrected chi connectivity index (χ3v) is 3.58. The van der Waals surface area contributed by atoms with Gasteiger partial charge in [-0.1, -0.05) is 18.2 Å². The normalized spacial score (nSPS) is 10.4. The Kier molecular flexibility index (Phi) is 7.08. The third-order valence-electron chi connectivity index (χ3n) is 3.58. The highest BCUT2D eigenvalue weighted by Crippen LogP contribution is 2.13. The molecule has 0 aliphatic rings. The maximum Gasteiger partial charge on any atom is 0.303 e. The standard InChI is InChI=1S/C19H19F2NO4/c20-15-6-5-14(17(21)11-15)10-18(23)22-12-13-3-7-16(8-4-13)26-9-1-2-19(24)25/h3-8,11H,1-2,9-10,12H2,(H,22,23)(H,24,25). The van der Waals surface area contributed by atoms with Crippen molar-refractivity contribution in [3.8, 4) is 5.75 Å². The number of aliphatic carboxylic acids is 1. The first kappa shape index (κ1) is 19.4. The molecule has 0 atom stereocenters. The third kappa shape index (κ3) is 6.51. The SMILES string of the molecule is O=C(O)CCCOc1ccc(CNC(=O)Cc2ccc(F)cc2F)cc1. The fourth-order valence-electron chi connectivity index (χ4n) is 2.22. The van der Waals surface area contributed by atoms with E-state index in [0.717, 1.165) is 17.7 Å². The molecule has 2 aromatic carbocycles. The summed E-state index contributed by atoms with van der Waals surface area (Å²) in [4.78, 5) is 22.3. The number of benzene rings is 2. The van der Waals surface area contributed by atoms with Crippen molar-refractivity contribution < 1.29 is 28.2 Å². The Morgan fingerprint density at radius 3 is 2.46 bits per heavy atom. The molecule has 0 spiro atoms. The van der Waals surface area contributed by atoms with Crippen molar-refractivity contribution in [2.45, 2.75) is 25.8 Å². The maximum atomic E-state index is 13.5. The van der Waals surface area contributed by atoms with Crippen molar-refractivity contribution in [1.82, 2.24) is 5.32 Å². The molecular formula is C19H19F2NO4. The number of carboxylic acid groups (broad SMARTS) is 1. The van der Waals surface area contributed by atoms with Gasteiger partial charge in [-0.15, -0.1) is 0 Å². The summed E-state index contributed by atoms with van der Waals surface area (Å²) in [6.45, 7) is 0.576. The smallest absolute Gasteiger partial charge is 0.303 e. The van der Waals surface area contributed by atoms with Crippen LogP contribution in [0.4, 0.5) is 8.78 Å². The molecule has 1 amide bonds. The highest BCUT2D eigenvalue weighted by Gasteiger charge is 2.09.